The molecule has 0 aliphatic carbocycles. The van der Waals surface area contributed by atoms with E-state index in [0.717, 1.165) is 11.0 Å². The lowest BCUT2D eigenvalue weighted by Crippen LogP contribution is -2.11. The summed E-state index contributed by atoms with van der Waals surface area (Å²) >= 11 is 6.02. The summed E-state index contributed by atoms with van der Waals surface area (Å²) in [5, 5.41) is 10.9. The topological polar surface area (TPSA) is 38.0 Å². The van der Waals surface area contributed by atoms with Crippen molar-refractivity contribution >= 4 is 22.6 Å². The third kappa shape index (κ3) is 1.61. The molecular formula is C10H11ClN2O. The van der Waals surface area contributed by atoms with Crippen LogP contribution in [0.2, 0.25) is 5.15 Å². The van der Waals surface area contributed by atoms with E-state index >= 15 is 0 Å². The van der Waals surface area contributed by atoms with Crippen molar-refractivity contribution in [3.05, 3.63) is 29.5 Å². The van der Waals surface area contributed by atoms with Crippen LogP contribution >= 0.6 is 11.6 Å². The van der Waals surface area contributed by atoms with Crippen molar-refractivity contribution in [3.8, 4) is 0 Å². The van der Waals surface area contributed by atoms with Crippen molar-refractivity contribution in [2.75, 3.05) is 0 Å². The maximum absolute atomic E-state index is 9.30. The molecule has 1 N–H and O–H groups in total. The number of fused-ring (bicyclic) bond motifs is 1. The summed E-state index contributed by atoms with van der Waals surface area (Å²) in [7, 11) is 0. The Morgan fingerprint density at radius 1 is 1.64 bits per heavy atom. The van der Waals surface area contributed by atoms with Gasteiger partial charge in [-0.1, -0.05) is 11.6 Å². The zero-order chi connectivity index (χ0) is 10.1. The fraction of sp³-hybridized carbons (Fsp3) is 0.300. The summed E-state index contributed by atoms with van der Waals surface area (Å²) in [6.07, 6.45) is 1.29. The Kier molecular flexibility index (Phi) is 2.44. The molecule has 4 heteroatoms. The Morgan fingerprint density at radius 3 is 3.14 bits per heavy atom. The second-order valence-electron chi connectivity index (χ2n) is 3.34. The molecule has 0 aliphatic heterocycles. The normalized spacial score (nSPS) is 13.4. The summed E-state index contributed by atoms with van der Waals surface area (Å²) in [5.41, 5.74) is 0.818. The first-order valence-electron chi connectivity index (χ1n) is 4.46. The number of halogens is 1. The van der Waals surface area contributed by atoms with Gasteiger partial charge in [-0.05, 0) is 25.1 Å². The van der Waals surface area contributed by atoms with E-state index in [9.17, 15) is 5.11 Å². The summed E-state index contributed by atoms with van der Waals surface area (Å²) in [4.78, 5) is 4.22. The number of hydrogen-bond acceptors (Lipinski definition) is 2. The van der Waals surface area contributed by atoms with E-state index in [4.69, 9.17) is 11.6 Å². The number of aliphatic hydroxyl groups excluding tert-OH is 1. The van der Waals surface area contributed by atoms with E-state index in [2.05, 4.69) is 4.98 Å². The third-order valence-corrected chi connectivity index (χ3v) is 2.36. The monoisotopic (exact) mass is 210 g/mol. The van der Waals surface area contributed by atoms with Crippen molar-refractivity contribution in [2.45, 2.75) is 19.6 Å². The fourth-order valence-corrected chi connectivity index (χ4v) is 1.76. The summed E-state index contributed by atoms with van der Waals surface area (Å²) in [6.45, 7) is 2.20. The minimum absolute atomic E-state index is 0.426. The number of nitrogens with zero attached hydrogens (tertiary/aromatic N) is 2. The van der Waals surface area contributed by atoms with Gasteiger partial charge in [0.15, 0.2) is 0 Å². The predicted molar refractivity (Wildman–Crippen MR) is 56.4 cm³/mol. The Bertz CT molecular complexity index is 450. The van der Waals surface area contributed by atoms with Crippen LogP contribution in [-0.4, -0.2) is 20.8 Å². The zero-order valence-electron chi connectivity index (χ0n) is 7.81. The van der Waals surface area contributed by atoms with Crippen LogP contribution in [0.25, 0.3) is 11.0 Å². The van der Waals surface area contributed by atoms with Gasteiger partial charge in [0.05, 0.1) is 12.6 Å². The predicted octanol–water partition coefficient (Wildman–Crippen LogP) is 2.07. The quantitative estimate of drug-likeness (QED) is 0.824. The smallest absolute Gasteiger partial charge is 0.141 e. The molecule has 0 saturated heterocycles. The molecule has 0 saturated carbocycles. The first-order chi connectivity index (χ1) is 6.68. The number of rotatable bonds is 2. The van der Waals surface area contributed by atoms with Crippen molar-refractivity contribution < 1.29 is 5.11 Å². The van der Waals surface area contributed by atoms with Crippen molar-refractivity contribution in [1.29, 1.82) is 0 Å². The lowest BCUT2D eigenvalue weighted by Gasteiger charge is -2.07. The summed E-state index contributed by atoms with van der Waals surface area (Å²) in [6, 6.07) is 5.67. The molecule has 0 aliphatic rings. The van der Waals surface area contributed by atoms with E-state index in [1.54, 1.807) is 13.1 Å². The van der Waals surface area contributed by atoms with E-state index in [0.29, 0.717) is 11.7 Å². The van der Waals surface area contributed by atoms with Gasteiger partial charge < -0.3 is 9.67 Å². The van der Waals surface area contributed by atoms with Crippen molar-refractivity contribution in [1.82, 2.24) is 9.55 Å². The van der Waals surface area contributed by atoms with Crippen LogP contribution in [0.15, 0.2) is 24.4 Å². The lowest BCUT2D eigenvalue weighted by molar-refractivity contribution is 0.175. The Morgan fingerprint density at radius 2 is 2.43 bits per heavy atom. The molecule has 2 heterocycles. The number of aliphatic hydroxyl groups is 1. The molecule has 0 bridgehead atoms. The Balaban J connectivity index is 2.56. The van der Waals surface area contributed by atoms with Gasteiger partial charge in [-0.25, -0.2) is 4.98 Å². The molecule has 1 unspecified atom stereocenters. The first kappa shape index (κ1) is 9.49. The molecular weight excluding hydrogens is 200 g/mol. The van der Waals surface area contributed by atoms with Crippen LogP contribution in [0.5, 0.6) is 0 Å². The molecule has 0 fully saturated rings. The number of hydrogen-bond donors (Lipinski definition) is 1. The molecule has 1 atom stereocenters. The SMILES string of the molecule is CC(O)Cn1c(Cl)cc2cccnc21. The highest BCUT2D eigenvalue weighted by atomic mass is 35.5. The van der Waals surface area contributed by atoms with E-state index < -0.39 is 6.10 Å². The molecule has 0 spiro atoms. The molecule has 0 aromatic carbocycles. The standard InChI is InChI=1S/C10H11ClN2O/c1-7(14)6-13-9(11)5-8-3-2-4-12-10(8)13/h2-5,7,14H,6H2,1H3. The Labute approximate surface area is 86.9 Å². The highest BCUT2D eigenvalue weighted by molar-refractivity contribution is 6.30. The largest absolute Gasteiger partial charge is 0.392 e. The van der Waals surface area contributed by atoms with Gasteiger partial charge in [-0.2, -0.15) is 0 Å². The van der Waals surface area contributed by atoms with Gasteiger partial charge in [0.2, 0.25) is 0 Å². The number of aromatic nitrogens is 2. The van der Waals surface area contributed by atoms with E-state index in [-0.39, 0.29) is 0 Å². The molecule has 3 nitrogen and oxygen atoms in total. The Hall–Kier alpha value is -1.06. The van der Waals surface area contributed by atoms with Crippen molar-refractivity contribution in [3.63, 3.8) is 0 Å². The third-order valence-electron chi connectivity index (χ3n) is 2.05. The van der Waals surface area contributed by atoms with Crippen LogP contribution in [0, 0.1) is 0 Å². The van der Waals surface area contributed by atoms with Crippen LogP contribution in [-0.2, 0) is 6.54 Å². The second-order valence-corrected chi connectivity index (χ2v) is 3.73. The van der Waals surface area contributed by atoms with E-state index in [1.165, 1.54) is 0 Å². The van der Waals surface area contributed by atoms with Crippen LogP contribution in [0.3, 0.4) is 0 Å². The average Bonchev–Trinajstić information content (AvgIpc) is 2.43. The van der Waals surface area contributed by atoms with Gasteiger partial charge in [-0.15, -0.1) is 0 Å². The average molecular weight is 211 g/mol. The van der Waals surface area contributed by atoms with Crippen molar-refractivity contribution in [2.24, 2.45) is 0 Å². The summed E-state index contributed by atoms with van der Waals surface area (Å²) in [5.74, 6) is 0. The molecule has 2 rings (SSSR count). The highest BCUT2D eigenvalue weighted by Gasteiger charge is 2.08. The molecule has 74 valence electrons. The maximum atomic E-state index is 9.30. The number of pyridine rings is 1. The minimum Gasteiger partial charge on any atom is -0.392 e. The van der Waals surface area contributed by atoms with Gasteiger partial charge in [-0.3, -0.25) is 0 Å². The van der Waals surface area contributed by atoms with Gasteiger partial charge in [0, 0.05) is 11.6 Å². The van der Waals surface area contributed by atoms with Crippen LogP contribution < -0.4 is 0 Å². The minimum atomic E-state index is -0.426. The lowest BCUT2D eigenvalue weighted by atomic mass is 10.3. The van der Waals surface area contributed by atoms with Crippen LogP contribution in [0.1, 0.15) is 6.92 Å². The maximum Gasteiger partial charge on any atom is 0.141 e. The van der Waals surface area contributed by atoms with Gasteiger partial charge in [0.1, 0.15) is 10.8 Å². The molecule has 14 heavy (non-hydrogen) atoms. The molecule has 2 aromatic heterocycles. The van der Waals surface area contributed by atoms with Gasteiger partial charge in [0.25, 0.3) is 0 Å². The van der Waals surface area contributed by atoms with Gasteiger partial charge >= 0.3 is 0 Å². The fourth-order valence-electron chi connectivity index (χ4n) is 1.49. The first-order valence-corrected chi connectivity index (χ1v) is 4.84. The zero-order valence-corrected chi connectivity index (χ0v) is 8.57. The molecule has 2 aromatic rings. The highest BCUT2D eigenvalue weighted by Crippen LogP contribution is 2.21. The van der Waals surface area contributed by atoms with E-state index in [1.807, 2.05) is 22.8 Å². The molecule has 0 amide bonds. The second kappa shape index (κ2) is 3.59. The molecule has 0 radical (unpaired) electrons. The summed E-state index contributed by atoms with van der Waals surface area (Å²) < 4.78 is 1.81. The van der Waals surface area contributed by atoms with Crippen LogP contribution in [0.4, 0.5) is 0 Å².